The molecule has 2 rings (SSSR count). The van der Waals surface area contributed by atoms with Gasteiger partial charge in [0, 0.05) is 6.42 Å². The maximum absolute atomic E-state index is 5.57. The summed E-state index contributed by atoms with van der Waals surface area (Å²) in [5.41, 5.74) is 4.11. The van der Waals surface area contributed by atoms with Crippen LogP contribution >= 0.6 is 0 Å². The van der Waals surface area contributed by atoms with E-state index in [1.165, 1.54) is 37.7 Å². The van der Waals surface area contributed by atoms with E-state index >= 15 is 0 Å². The van der Waals surface area contributed by atoms with Gasteiger partial charge in [0.05, 0.1) is 6.04 Å². The van der Waals surface area contributed by atoms with Crippen molar-refractivity contribution in [2.24, 2.45) is 10.8 Å². The molecule has 3 N–H and O–H groups in total. The van der Waals surface area contributed by atoms with E-state index in [1.807, 2.05) is 6.07 Å². The first-order valence-corrected chi connectivity index (χ1v) is 6.95. The Hall–Kier alpha value is -1.35. The molecule has 1 aliphatic carbocycles. The van der Waals surface area contributed by atoms with Crippen LogP contribution in [0.3, 0.4) is 0 Å². The number of amidine groups is 1. The van der Waals surface area contributed by atoms with Crippen LogP contribution in [-0.2, 0) is 6.42 Å². The number of hydrogen-bond acceptors (Lipinski definition) is 2. The second kappa shape index (κ2) is 7.17. The number of benzene rings is 1. The molecule has 1 fully saturated rings. The number of aliphatic imine (C=N–C) groups is 1. The highest BCUT2D eigenvalue weighted by atomic mass is 15.3. The van der Waals surface area contributed by atoms with E-state index in [0.717, 1.165) is 18.7 Å². The van der Waals surface area contributed by atoms with Crippen molar-refractivity contribution in [3.63, 3.8) is 0 Å². The van der Waals surface area contributed by atoms with Crippen LogP contribution in [0.2, 0.25) is 0 Å². The van der Waals surface area contributed by atoms with Crippen LogP contribution in [-0.4, -0.2) is 11.9 Å². The average molecular weight is 245 g/mol. The Morgan fingerprint density at radius 2 is 1.89 bits per heavy atom. The van der Waals surface area contributed by atoms with Gasteiger partial charge in [0.2, 0.25) is 0 Å². The summed E-state index contributed by atoms with van der Waals surface area (Å²) in [6.45, 7) is 0. The molecule has 1 aromatic rings. The van der Waals surface area contributed by atoms with E-state index in [2.05, 4.69) is 29.7 Å². The van der Waals surface area contributed by atoms with Crippen LogP contribution in [0.5, 0.6) is 0 Å². The molecule has 0 saturated heterocycles. The van der Waals surface area contributed by atoms with Gasteiger partial charge in [-0.1, -0.05) is 49.6 Å². The number of aryl methyl sites for hydroxylation is 1. The highest BCUT2D eigenvalue weighted by Gasteiger charge is 2.12. The van der Waals surface area contributed by atoms with E-state index in [-0.39, 0.29) is 0 Å². The molecule has 98 valence electrons. The summed E-state index contributed by atoms with van der Waals surface area (Å²) in [5, 5.41) is 0. The SMILES string of the molecule is NNC(CCc1ccccc1)=NC1CCCCC1. The minimum absolute atomic E-state index is 0.487. The van der Waals surface area contributed by atoms with Crippen molar-refractivity contribution in [3.05, 3.63) is 35.9 Å². The normalized spacial score (nSPS) is 17.7. The molecular weight excluding hydrogens is 222 g/mol. The molecular formula is C15H23N3. The minimum atomic E-state index is 0.487. The second-order valence-electron chi connectivity index (χ2n) is 5.00. The first kappa shape index (κ1) is 13.1. The zero-order chi connectivity index (χ0) is 12.6. The zero-order valence-electron chi connectivity index (χ0n) is 10.9. The maximum atomic E-state index is 5.57. The van der Waals surface area contributed by atoms with E-state index in [4.69, 9.17) is 10.8 Å². The molecule has 0 heterocycles. The summed E-state index contributed by atoms with van der Waals surface area (Å²) in [6, 6.07) is 11.0. The summed E-state index contributed by atoms with van der Waals surface area (Å²) in [7, 11) is 0. The Balaban J connectivity index is 1.86. The Morgan fingerprint density at radius 1 is 1.17 bits per heavy atom. The van der Waals surface area contributed by atoms with Crippen LogP contribution < -0.4 is 11.3 Å². The van der Waals surface area contributed by atoms with Gasteiger partial charge >= 0.3 is 0 Å². The third-order valence-corrected chi connectivity index (χ3v) is 3.57. The zero-order valence-corrected chi connectivity index (χ0v) is 10.9. The Bertz CT molecular complexity index is 367. The van der Waals surface area contributed by atoms with Crippen LogP contribution in [0.4, 0.5) is 0 Å². The van der Waals surface area contributed by atoms with Gasteiger partial charge in [0.25, 0.3) is 0 Å². The Kier molecular flexibility index (Phi) is 5.21. The first-order valence-electron chi connectivity index (χ1n) is 6.95. The molecule has 1 saturated carbocycles. The van der Waals surface area contributed by atoms with Gasteiger partial charge in [-0.25, -0.2) is 5.84 Å². The van der Waals surface area contributed by atoms with E-state index < -0.39 is 0 Å². The fourth-order valence-electron chi connectivity index (χ4n) is 2.51. The quantitative estimate of drug-likeness (QED) is 0.371. The smallest absolute Gasteiger partial charge is 0.111 e. The summed E-state index contributed by atoms with van der Waals surface area (Å²) >= 11 is 0. The number of rotatable bonds is 4. The summed E-state index contributed by atoms with van der Waals surface area (Å²) in [5.74, 6) is 6.52. The third kappa shape index (κ3) is 4.15. The number of nitrogens with zero attached hydrogens (tertiary/aromatic N) is 1. The van der Waals surface area contributed by atoms with Crippen LogP contribution in [0.15, 0.2) is 35.3 Å². The van der Waals surface area contributed by atoms with Crippen molar-refractivity contribution in [3.8, 4) is 0 Å². The summed E-state index contributed by atoms with van der Waals surface area (Å²) < 4.78 is 0. The maximum Gasteiger partial charge on any atom is 0.111 e. The van der Waals surface area contributed by atoms with Crippen molar-refractivity contribution in [2.75, 3.05) is 0 Å². The van der Waals surface area contributed by atoms with Crippen molar-refractivity contribution < 1.29 is 0 Å². The molecule has 0 radical (unpaired) electrons. The van der Waals surface area contributed by atoms with Crippen LogP contribution in [0.25, 0.3) is 0 Å². The molecule has 0 aromatic heterocycles. The summed E-state index contributed by atoms with van der Waals surface area (Å²) in [6.07, 6.45) is 8.32. The standard InChI is InChI=1S/C15H23N3/c16-18-15(17-14-9-5-2-6-10-14)12-11-13-7-3-1-4-8-13/h1,3-4,7-8,14H,2,5-6,9-12,16H2,(H,17,18). The van der Waals surface area contributed by atoms with Crippen LogP contribution in [0.1, 0.15) is 44.1 Å². The number of nitrogens with two attached hydrogens (primary N) is 1. The molecule has 1 aliphatic rings. The average Bonchev–Trinajstić information content (AvgIpc) is 2.45. The monoisotopic (exact) mass is 245 g/mol. The number of hydrogen-bond donors (Lipinski definition) is 2. The van der Waals surface area contributed by atoms with Crippen molar-refractivity contribution in [1.82, 2.24) is 5.43 Å². The molecule has 18 heavy (non-hydrogen) atoms. The topological polar surface area (TPSA) is 50.4 Å². The van der Waals surface area contributed by atoms with Gasteiger partial charge in [0.1, 0.15) is 5.84 Å². The third-order valence-electron chi connectivity index (χ3n) is 3.57. The lowest BCUT2D eigenvalue weighted by Crippen LogP contribution is -2.32. The fraction of sp³-hybridized carbons (Fsp3) is 0.533. The lowest BCUT2D eigenvalue weighted by Gasteiger charge is -2.19. The van der Waals surface area contributed by atoms with E-state index in [1.54, 1.807) is 0 Å². The number of nitrogens with one attached hydrogen (secondary N) is 1. The largest absolute Gasteiger partial charge is 0.312 e. The molecule has 0 aliphatic heterocycles. The first-order chi connectivity index (χ1) is 8.88. The van der Waals surface area contributed by atoms with Crippen molar-refractivity contribution in [2.45, 2.75) is 51.0 Å². The molecule has 3 heteroatoms. The van der Waals surface area contributed by atoms with Gasteiger partial charge in [-0.15, -0.1) is 0 Å². The van der Waals surface area contributed by atoms with Gasteiger partial charge in [-0.05, 0) is 24.8 Å². The van der Waals surface area contributed by atoms with Gasteiger partial charge < -0.3 is 5.43 Å². The van der Waals surface area contributed by atoms with Gasteiger partial charge in [-0.2, -0.15) is 0 Å². The van der Waals surface area contributed by atoms with E-state index in [9.17, 15) is 0 Å². The molecule has 1 aromatic carbocycles. The van der Waals surface area contributed by atoms with Crippen molar-refractivity contribution in [1.29, 1.82) is 0 Å². The predicted octanol–water partition coefficient (Wildman–Crippen LogP) is 2.81. The summed E-state index contributed by atoms with van der Waals surface area (Å²) in [4.78, 5) is 4.75. The predicted molar refractivity (Wildman–Crippen MR) is 76.4 cm³/mol. The van der Waals surface area contributed by atoms with Crippen LogP contribution in [0, 0.1) is 0 Å². The molecule has 3 nitrogen and oxygen atoms in total. The lowest BCUT2D eigenvalue weighted by molar-refractivity contribution is 0.441. The van der Waals surface area contributed by atoms with Crippen molar-refractivity contribution >= 4 is 5.84 Å². The highest BCUT2D eigenvalue weighted by Crippen LogP contribution is 2.20. The Labute approximate surface area is 109 Å². The van der Waals surface area contributed by atoms with Gasteiger partial charge in [0.15, 0.2) is 0 Å². The molecule has 0 unspecified atom stereocenters. The molecule has 0 atom stereocenters. The lowest BCUT2D eigenvalue weighted by atomic mass is 9.96. The molecule has 0 spiro atoms. The molecule has 0 bridgehead atoms. The fourth-order valence-corrected chi connectivity index (χ4v) is 2.51. The minimum Gasteiger partial charge on any atom is -0.312 e. The van der Waals surface area contributed by atoms with Gasteiger partial charge in [-0.3, -0.25) is 4.99 Å². The Morgan fingerprint density at radius 3 is 2.56 bits per heavy atom. The second-order valence-corrected chi connectivity index (χ2v) is 5.00. The van der Waals surface area contributed by atoms with E-state index in [0.29, 0.717) is 6.04 Å². The highest BCUT2D eigenvalue weighted by molar-refractivity contribution is 5.82. The molecule has 0 amide bonds. The number of hydrazine groups is 1.